The third-order valence-corrected chi connectivity index (χ3v) is 4.75. The van der Waals surface area contributed by atoms with E-state index in [0.717, 1.165) is 43.6 Å². The van der Waals surface area contributed by atoms with Crippen molar-refractivity contribution in [1.82, 2.24) is 10.2 Å². The van der Waals surface area contributed by atoms with Crippen molar-refractivity contribution in [2.45, 2.75) is 25.4 Å². The highest BCUT2D eigenvalue weighted by molar-refractivity contribution is 5.40. The van der Waals surface area contributed by atoms with Gasteiger partial charge in [0.05, 0.1) is 6.61 Å². The van der Waals surface area contributed by atoms with Gasteiger partial charge in [-0.25, -0.2) is 0 Å². The van der Waals surface area contributed by atoms with Crippen molar-refractivity contribution < 1.29 is 14.6 Å². The lowest BCUT2D eigenvalue weighted by Crippen LogP contribution is -2.44. The predicted octanol–water partition coefficient (Wildman–Crippen LogP) is 1.51. The molecule has 0 aromatic heterocycles. The van der Waals surface area contributed by atoms with Gasteiger partial charge in [-0.15, -0.1) is 0 Å². The van der Waals surface area contributed by atoms with Crippen LogP contribution >= 0.6 is 0 Å². The van der Waals surface area contributed by atoms with Crippen molar-refractivity contribution >= 4 is 0 Å². The minimum Gasteiger partial charge on any atom is -0.486 e. The maximum atomic E-state index is 8.76. The zero-order valence-electron chi connectivity index (χ0n) is 13.7. The van der Waals surface area contributed by atoms with Gasteiger partial charge in [-0.05, 0) is 56.9 Å². The quantitative estimate of drug-likeness (QED) is 0.746. The Kier molecular flexibility index (Phi) is 6.13. The number of para-hydroxylation sites is 2. The summed E-state index contributed by atoms with van der Waals surface area (Å²) in [5, 5.41) is 12.0. The Hall–Kier alpha value is -1.30. The fourth-order valence-corrected chi connectivity index (χ4v) is 3.41. The Morgan fingerprint density at radius 2 is 1.91 bits per heavy atom. The van der Waals surface area contributed by atoms with E-state index in [9.17, 15) is 0 Å². The van der Waals surface area contributed by atoms with Gasteiger partial charge in [0.2, 0.25) is 0 Å². The molecule has 0 saturated carbocycles. The van der Waals surface area contributed by atoms with Gasteiger partial charge in [0.25, 0.3) is 0 Å². The third-order valence-electron chi connectivity index (χ3n) is 4.75. The molecule has 3 rings (SSSR count). The van der Waals surface area contributed by atoms with Gasteiger partial charge < -0.3 is 19.9 Å². The number of nitrogens with one attached hydrogen (secondary N) is 1. The summed E-state index contributed by atoms with van der Waals surface area (Å²) in [6.07, 6.45) is 3.85. The maximum absolute atomic E-state index is 8.76. The zero-order valence-corrected chi connectivity index (χ0v) is 13.7. The molecular weight excluding hydrogens is 292 g/mol. The van der Waals surface area contributed by atoms with E-state index in [1.165, 1.54) is 19.3 Å². The molecule has 1 unspecified atom stereocenters. The Bertz CT molecular complexity index is 475. The highest BCUT2D eigenvalue weighted by Gasteiger charge is 2.25. The summed E-state index contributed by atoms with van der Waals surface area (Å²) < 4.78 is 11.8. The first-order valence-corrected chi connectivity index (χ1v) is 8.77. The lowest BCUT2D eigenvalue weighted by Gasteiger charge is -2.35. The number of benzene rings is 1. The summed E-state index contributed by atoms with van der Waals surface area (Å²) in [5.74, 6) is 2.54. The Labute approximate surface area is 138 Å². The van der Waals surface area contributed by atoms with Crippen LogP contribution in [0.25, 0.3) is 0 Å². The molecule has 0 aliphatic carbocycles. The smallest absolute Gasteiger partial charge is 0.161 e. The number of aliphatic hydroxyl groups is 1. The molecule has 1 saturated heterocycles. The average Bonchev–Trinajstić information content (AvgIpc) is 2.60. The molecule has 23 heavy (non-hydrogen) atoms. The van der Waals surface area contributed by atoms with E-state index in [4.69, 9.17) is 14.6 Å². The standard InChI is InChI=1S/C18H28N2O3/c21-12-9-19-8-5-15-6-10-20(11-7-15)13-16-14-22-17-3-1-2-4-18(17)23-16/h1-4,15-16,19,21H,5-14H2. The molecule has 0 bridgehead atoms. The van der Waals surface area contributed by atoms with Gasteiger partial charge in [-0.2, -0.15) is 0 Å². The average molecular weight is 320 g/mol. The van der Waals surface area contributed by atoms with E-state index >= 15 is 0 Å². The number of piperidine rings is 1. The van der Waals surface area contributed by atoms with Crippen LogP contribution in [0.1, 0.15) is 19.3 Å². The number of fused-ring (bicyclic) bond motifs is 1. The highest BCUT2D eigenvalue weighted by atomic mass is 16.6. The van der Waals surface area contributed by atoms with Gasteiger partial charge >= 0.3 is 0 Å². The summed E-state index contributed by atoms with van der Waals surface area (Å²) in [5.41, 5.74) is 0. The van der Waals surface area contributed by atoms with Crippen LogP contribution in [0.2, 0.25) is 0 Å². The molecular formula is C18H28N2O3. The highest BCUT2D eigenvalue weighted by Crippen LogP contribution is 2.31. The van der Waals surface area contributed by atoms with Gasteiger partial charge in [-0.1, -0.05) is 12.1 Å². The van der Waals surface area contributed by atoms with Crippen LogP contribution in [0.3, 0.4) is 0 Å². The summed E-state index contributed by atoms with van der Waals surface area (Å²) in [4.78, 5) is 2.50. The van der Waals surface area contributed by atoms with Gasteiger partial charge in [0.1, 0.15) is 12.7 Å². The minimum atomic E-state index is 0.132. The second-order valence-electron chi connectivity index (χ2n) is 6.50. The molecule has 128 valence electrons. The Morgan fingerprint density at radius 1 is 1.13 bits per heavy atom. The second kappa shape index (κ2) is 8.52. The molecule has 0 amide bonds. The van der Waals surface area contributed by atoms with Crippen LogP contribution in [-0.4, -0.2) is 62.0 Å². The number of aliphatic hydroxyl groups excluding tert-OH is 1. The van der Waals surface area contributed by atoms with Crippen molar-refractivity contribution in [3.8, 4) is 11.5 Å². The van der Waals surface area contributed by atoms with E-state index < -0.39 is 0 Å². The molecule has 2 N–H and O–H groups in total. The molecule has 2 aliphatic rings. The molecule has 1 aromatic carbocycles. The number of likely N-dealkylation sites (tertiary alicyclic amines) is 1. The van der Waals surface area contributed by atoms with Crippen molar-refractivity contribution in [3.05, 3.63) is 24.3 Å². The van der Waals surface area contributed by atoms with Crippen LogP contribution in [0.5, 0.6) is 11.5 Å². The third kappa shape index (κ3) is 4.83. The SMILES string of the molecule is OCCNCCC1CCN(CC2COc3ccccc3O2)CC1. The number of nitrogens with zero attached hydrogens (tertiary/aromatic N) is 1. The van der Waals surface area contributed by atoms with Crippen molar-refractivity contribution in [2.75, 3.05) is 45.9 Å². The first kappa shape index (κ1) is 16.6. The van der Waals surface area contributed by atoms with Gasteiger partial charge in [0.15, 0.2) is 11.5 Å². The van der Waals surface area contributed by atoms with Crippen molar-refractivity contribution in [1.29, 1.82) is 0 Å². The molecule has 1 aromatic rings. The molecule has 1 fully saturated rings. The number of hydrogen-bond acceptors (Lipinski definition) is 5. The second-order valence-corrected chi connectivity index (χ2v) is 6.50. The van der Waals surface area contributed by atoms with E-state index in [1.807, 2.05) is 24.3 Å². The number of hydrogen-bond donors (Lipinski definition) is 2. The minimum absolute atomic E-state index is 0.132. The Balaban J connectivity index is 1.36. The van der Waals surface area contributed by atoms with Crippen molar-refractivity contribution in [3.63, 3.8) is 0 Å². The summed E-state index contributed by atoms with van der Waals surface area (Å²) in [6.45, 7) is 5.83. The largest absolute Gasteiger partial charge is 0.486 e. The van der Waals surface area contributed by atoms with E-state index in [2.05, 4.69) is 10.2 Å². The van der Waals surface area contributed by atoms with Gasteiger partial charge in [0, 0.05) is 13.1 Å². The topological polar surface area (TPSA) is 54.0 Å². The van der Waals surface area contributed by atoms with E-state index in [0.29, 0.717) is 13.2 Å². The number of ether oxygens (including phenoxy) is 2. The first-order valence-electron chi connectivity index (χ1n) is 8.77. The van der Waals surface area contributed by atoms with E-state index in [1.54, 1.807) is 0 Å². The molecule has 2 heterocycles. The van der Waals surface area contributed by atoms with Crippen LogP contribution in [-0.2, 0) is 0 Å². The molecule has 5 heteroatoms. The van der Waals surface area contributed by atoms with Crippen LogP contribution in [0.15, 0.2) is 24.3 Å². The van der Waals surface area contributed by atoms with Crippen LogP contribution in [0.4, 0.5) is 0 Å². The van der Waals surface area contributed by atoms with E-state index in [-0.39, 0.29) is 12.7 Å². The lowest BCUT2D eigenvalue weighted by molar-refractivity contribution is 0.0472. The molecule has 0 radical (unpaired) electrons. The molecule has 2 aliphatic heterocycles. The van der Waals surface area contributed by atoms with Crippen LogP contribution < -0.4 is 14.8 Å². The zero-order chi connectivity index (χ0) is 15.9. The fraction of sp³-hybridized carbons (Fsp3) is 0.667. The first-order chi connectivity index (χ1) is 11.3. The normalized spacial score (nSPS) is 22.2. The summed E-state index contributed by atoms with van der Waals surface area (Å²) in [7, 11) is 0. The van der Waals surface area contributed by atoms with Crippen molar-refractivity contribution in [2.24, 2.45) is 5.92 Å². The fourth-order valence-electron chi connectivity index (χ4n) is 3.41. The maximum Gasteiger partial charge on any atom is 0.161 e. The number of rotatable bonds is 7. The summed E-state index contributed by atoms with van der Waals surface area (Å²) in [6, 6.07) is 7.90. The molecule has 5 nitrogen and oxygen atoms in total. The monoisotopic (exact) mass is 320 g/mol. The van der Waals surface area contributed by atoms with Crippen LogP contribution in [0, 0.1) is 5.92 Å². The molecule has 0 spiro atoms. The van der Waals surface area contributed by atoms with Gasteiger partial charge in [-0.3, -0.25) is 4.90 Å². The predicted molar refractivity (Wildman–Crippen MR) is 90.1 cm³/mol. The summed E-state index contributed by atoms with van der Waals surface area (Å²) >= 11 is 0. The lowest BCUT2D eigenvalue weighted by atomic mass is 9.93. The molecule has 1 atom stereocenters. The Morgan fingerprint density at radius 3 is 2.70 bits per heavy atom.